The molecule has 98 valence electrons. The molecule has 0 saturated heterocycles. The molecule has 0 radical (unpaired) electrons. The molecule has 2 aromatic rings. The first kappa shape index (κ1) is 11.6. The van der Waals surface area contributed by atoms with Gasteiger partial charge in [-0.1, -0.05) is 36.4 Å². The Morgan fingerprint density at radius 3 is 2.52 bits per heavy atom. The Bertz CT molecular complexity index is 1170. The Morgan fingerprint density at radius 2 is 1.71 bits per heavy atom. The number of hydrogen-bond acceptors (Lipinski definition) is 4. The minimum atomic E-state index is -0.214. The standard InChI is InChI=1S/C17H8N2O2/c18-9-13-15-16(20)10-5-1-2-6-11(10)17(15)21-14-8-4-3-7-12(14)19-13/h1-8H. The molecule has 0 spiro atoms. The minimum absolute atomic E-state index is 0.0937. The van der Waals surface area contributed by atoms with E-state index in [9.17, 15) is 10.1 Å². The van der Waals surface area contributed by atoms with E-state index < -0.39 is 0 Å². The van der Waals surface area contributed by atoms with Gasteiger partial charge in [0, 0.05) is 10.8 Å². The van der Waals surface area contributed by atoms with Crippen LogP contribution >= 0.6 is 0 Å². The van der Waals surface area contributed by atoms with Crippen LogP contribution in [0.25, 0.3) is 21.9 Å². The van der Waals surface area contributed by atoms with Gasteiger partial charge >= 0.3 is 0 Å². The molecule has 1 aliphatic heterocycles. The van der Waals surface area contributed by atoms with Crippen LogP contribution in [-0.2, 0) is 0 Å². The van der Waals surface area contributed by atoms with Gasteiger partial charge in [-0.3, -0.25) is 4.79 Å². The van der Waals surface area contributed by atoms with Crippen molar-refractivity contribution in [1.82, 2.24) is 4.98 Å². The van der Waals surface area contributed by atoms with Crippen molar-refractivity contribution < 1.29 is 4.42 Å². The highest BCUT2D eigenvalue weighted by Crippen LogP contribution is 2.19. The Balaban J connectivity index is 2.47. The number of hydrogen-bond donors (Lipinski definition) is 0. The Kier molecular flexibility index (Phi) is 2.30. The summed E-state index contributed by atoms with van der Waals surface area (Å²) in [4.78, 5) is 16.8. The Morgan fingerprint density at radius 1 is 1.00 bits per heavy atom. The van der Waals surface area contributed by atoms with Crippen molar-refractivity contribution in [3.8, 4) is 6.07 Å². The van der Waals surface area contributed by atoms with Crippen LogP contribution in [0.2, 0.25) is 0 Å². The van der Waals surface area contributed by atoms with Crippen LogP contribution in [0.1, 0.15) is 5.69 Å². The van der Waals surface area contributed by atoms with E-state index in [1.165, 1.54) is 0 Å². The summed E-state index contributed by atoms with van der Waals surface area (Å²) in [5.74, 6) is 0. The monoisotopic (exact) mass is 272 g/mol. The van der Waals surface area contributed by atoms with Crippen molar-refractivity contribution in [2.24, 2.45) is 0 Å². The maximum Gasteiger partial charge on any atom is 0.200 e. The van der Waals surface area contributed by atoms with Crippen LogP contribution in [-0.4, -0.2) is 4.98 Å². The molecule has 0 atom stereocenters. The van der Waals surface area contributed by atoms with Gasteiger partial charge in [0.2, 0.25) is 0 Å². The fourth-order valence-corrected chi connectivity index (χ4v) is 2.58. The van der Waals surface area contributed by atoms with E-state index in [2.05, 4.69) is 4.98 Å². The normalized spacial score (nSPS) is 11.0. The molecule has 0 bridgehead atoms. The van der Waals surface area contributed by atoms with Gasteiger partial charge in [-0.2, -0.15) is 5.26 Å². The number of fused-ring (bicyclic) bond motifs is 3. The highest BCUT2D eigenvalue weighted by Gasteiger charge is 2.13. The number of nitrogens with zero attached hydrogens (tertiary/aromatic N) is 2. The van der Waals surface area contributed by atoms with E-state index in [4.69, 9.17) is 4.42 Å². The molecule has 4 heteroatoms. The van der Waals surface area contributed by atoms with Crippen molar-refractivity contribution in [1.29, 1.82) is 5.26 Å². The largest absolute Gasteiger partial charge is 0.454 e. The molecule has 0 unspecified atom stereocenters. The quantitative estimate of drug-likeness (QED) is 0.493. The predicted octanol–water partition coefficient (Wildman–Crippen LogP) is 2.94. The van der Waals surface area contributed by atoms with Gasteiger partial charge in [0.25, 0.3) is 0 Å². The molecule has 2 aromatic carbocycles. The average molecular weight is 272 g/mol. The van der Waals surface area contributed by atoms with Crippen molar-refractivity contribution in [3.63, 3.8) is 0 Å². The van der Waals surface area contributed by atoms with Gasteiger partial charge in [0.15, 0.2) is 16.7 Å². The summed E-state index contributed by atoms with van der Waals surface area (Å²) in [6.45, 7) is 0. The van der Waals surface area contributed by atoms with Crippen LogP contribution in [0.15, 0.2) is 57.7 Å². The second-order valence-electron chi connectivity index (χ2n) is 4.72. The zero-order valence-electron chi connectivity index (χ0n) is 10.8. The fraction of sp³-hybridized carbons (Fsp3) is 0. The first-order valence-electron chi connectivity index (χ1n) is 6.44. The van der Waals surface area contributed by atoms with E-state index in [-0.39, 0.29) is 16.3 Å². The number of aromatic nitrogens is 1. The smallest absolute Gasteiger partial charge is 0.200 e. The lowest BCUT2D eigenvalue weighted by molar-refractivity contribution is 0.580. The van der Waals surface area contributed by atoms with Gasteiger partial charge in [-0.25, -0.2) is 4.98 Å². The number of para-hydroxylation sites is 2. The summed E-state index contributed by atoms with van der Waals surface area (Å²) in [6, 6.07) is 16.4. The molecule has 21 heavy (non-hydrogen) atoms. The lowest BCUT2D eigenvalue weighted by atomic mass is 10.2. The van der Waals surface area contributed by atoms with Gasteiger partial charge < -0.3 is 4.42 Å². The highest BCUT2D eigenvalue weighted by molar-refractivity contribution is 5.84. The summed E-state index contributed by atoms with van der Waals surface area (Å²) in [7, 11) is 0. The highest BCUT2D eigenvalue weighted by atomic mass is 16.3. The maximum atomic E-state index is 12.5. The molecular formula is C17H8N2O2. The van der Waals surface area contributed by atoms with Crippen LogP contribution in [0, 0.1) is 22.0 Å². The van der Waals surface area contributed by atoms with Crippen LogP contribution in [0.4, 0.5) is 0 Å². The second kappa shape index (κ2) is 4.15. The minimum Gasteiger partial charge on any atom is -0.454 e. The van der Waals surface area contributed by atoms with Gasteiger partial charge in [0.05, 0.1) is 0 Å². The molecule has 0 aromatic heterocycles. The van der Waals surface area contributed by atoms with Gasteiger partial charge in [-0.05, 0) is 12.1 Å². The van der Waals surface area contributed by atoms with E-state index in [1.807, 2.05) is 30.3 Å². The molecule has 2 aliphatic rings. The van der Waals surface area contributed by atoms with Crippen LogP contribution in [0.3, 0.4) is 0 Å². The topological polar surface area (TPSA) is 66.9 Å². The number of rotatable bonds is 0. The third-order valence-electron chi connectivity index (χ3n) is 3.52. The lowest BCUT2D eigenvalue weighted by Crippen LogP contribution is -1.99. The number of nitriles is 1. The van der Waals surface area contributed by atoms with Gasteiger partial charge in [0.1, 0.15) is 22.2 Å². The molecule has 4 rings (SSSR count). The van der Waals surface area contributed by atoms with E-state index >= 15 is 0 Å². The fourth-order valence-electron chi connectivity index (χ4n) is 2.58. The summed E-state index contributed by atoms with van der Waals surface area (Å²) in [5.41, 5.74) is 1.39. The first-order valence-corrected chi connectivity index (χ1v) is 6.44. The number of benzene rings is 2. The van der Waals surface area contributed by atoms with Crippen molar-refractivity contribution in [2.45, 2.75) is 0 Å². The zero-order chi connectivity index (χ0) is 14.4. The van der Waals surface area contributed by atoms with Crippen LogP contribution in [0.5, 0.6) is 0 Å². The lowest BCUT2D eigenvalue weighted by Gasteiger charge is -1.90. The Labute approximate surface area is 118 Å². The van der Waals surface area contributed by atoms with E-state index in [0.717, 1.165) is 0 Å². The molecule has 0 saturated carbocycles. The first-order chi connectivity index (χ1) is 10.3. The molecule has 1 aliphatic carbocycles. The van der Waals surface area contributed by atoms with Crippen molar-refractivity contribution in [2.75, 3.05) is 0 Å². The summed E-state index contributed by atoms with van der Waals surface area (Å²) in [6.07, 6.45) is 0. The summed E-state index contributed by atoms with van der Waals surface area (Å²) < 4.78 is 5.90. The molecule has 0 fully saturated rings. The van der Waals surface area contributed by atoms with E-state index in [1.54, 1.807) is 24.3 Å². The van der Waals surface area contributed by atoms with Crippen molar-refractivity contribution in [3.05, 3.63) is 75.1 Å². The molecule has 4 nitrogen and oxygen atoms in total. The summed E-state index contributed by atoms with van der Waals surface area (Å²) >= 11 is 0. The van der Waals surface area contributed by atoms with Crippen LogP contribution < -0.4 is 5.43 Å². The van der Waals surface area contributed by atoms with Crippen molar-refractivity contribution >= 4 is 21.9 Å². The van der Waals surface area contributed by atoms with E-state index in [0.29, 0.717) is 27.3 Å². The molecule has 0 amide bonds. The third kappa shape index (κ3) is 1.55. The maximum absolute atomic E-state index is 12.5. The van der Waals surface area contributed by atoms with Gasteiger partial charge in [-0.15, -0.1) is 0 Å². The average Bonchev–Trinajstić information content (AvgIpc) is 2.70. The molecule has 0 N–H and O–H groups in total. The zero-order valence-corrected chi connectivity index (χ0v) is 10.8. The predicted molar refractivity (Wildman–Crippen MR) is 77.8 cm³/mol. The molecular weight excluding hydrogens is 264 g/mol. The second-order valence-corrected chi connectivity index (χ2v) is 4.72. The Hall–Kier alpha value is -3.19. The SMILES string of the molecule is N#Cc1nc2ccccc2oc2c3ccccc3c(=O)c1=2. The summed E-state index contributed by atoms with van der Waals surface area (Å²) in [5, 5.41) is 10.9. The third-order valence-corrected chi connectivity index (χ3v) is 3.52. The molecule has 1 heterocycles.